The summed E-state index contributed by atoms with van der Waals surface area (Å²) in [5, 5.41) is 7.23. The zero-order valence-electron chi connectivity index (χ0n) is 17.7. The smallest absolute Gasteiger partial charge is 0.252 e. The maximum absolute atomic E-state index is 12.5. The summed E-state index contributed by atoms with van der Waals surface area (Å²) in [6, 6.07) is 17.7. The Bertz CT molecular complexity index is 1190. The van der Waals surface area contributed by atoms with Crippen LogP contribution in [0.3, 0.4) is 0 Å². The average molecular weight is 415 g/mol. The van der Waals surface area contributed by atoms with Gasteiger partial charge in [0.2, 0.25) is 5.91 Å². The summed E-state index contributed by atoms with van der Waals surface area (Å²) in [5.41, 5.74) is 4.99. The van der Waals surface area contributed by atoms with Gasteiger partial charge >= 0.3 is 0 Å². The van der Waals surface area contributed by atoms with Crippen LogP contribution in [0.4, 0.5) is 0 Å². The number of para-hydroxylation sites is 1. The monoisotopic (exact) mass is 415 g/mol. The van der Waals surface area contributed by atoms with Gasteiger partial charge in [-0.3, -0.25) is 4.79 Å². The van der Waals surface area contributed by atoms with Crippen molar-refractivity contribution in [3.63, 3.8) is 0 Å². The molecular formula is C24H25N5O2. The van der Waals surface area contributed by atoms with Gasteiger partial charge in [0.1, 0.15) is 18.7 Å². The highest BCUT2D eigenvalue weighted by Gasteiger charge is 2.13. The van der Waals surface area contributed by atoms with E-state index < -0.39 is 0 Å². The average Bonchev–Trinajstić information content (AvgIpc) is 3.26. The highest BCUT2D eigenvalue weighted by molar-refractivity contribution is 5.76. The van der Waals surface area contributed by atoms with Gasteiger partial charge in [-0.15, -0.1) is 0 Å². The summed E-state index contributed by atoms with van der Waals surface area (Å²) in [5.74, 6) is 1.40. The van der Waals surface area contributed by atoms with Crippen molar-refractivity contribution >= 4 is 11.7 Å². The Hall–Kier alpha value is -3.74. The topological polar surface area (TPSA) is 81.4 Å². The van der Waals surface area contributed by atoms with E-state index in [1.165, 1.54) is 6.33 Å². The molecule has 4 aromatic rings. The fourth-order valence-corrected chi connectivity index (χ4v) is 3.59. The molecule has 7 nitrogen and oxygen atoms in total. The standard InChI is InChI=1S/C24H25N5O2/c1-17-22(18(2)29-24(28-17)26-16-27-29)12-13-23(30)25-14-19-8-6-7-9-20(19)15-31-21-10-4-3-5-11-21/h3-11,16H,12-15H2,1-2H3,(H,25,30). The van der Waals surface area contributed by atoms with Crippen LogP contribution in [-0.2, 0) is 24.4 Å². The fraction of sp³-hybridized carbons (Fsp3) is 0.250. The number of rotatable bonds is 8. The van der Waals surface area contributed by atoms with E-state index in [4.69, 9.17) is 4.74 Å². The molecule has 2 aromatic carbocycles. The molecule has 0 fully saturated rings. The first-order valence-corrected chi connectivity index (χ1v) is 10.3. The van der Waals surface area contributed by atoms with Gasteiger partial charge in [-0.25, -0.2) is 9.50 Å². The van der Waals surface area contributed by atoms with Crippen molar-refractivity contribution in [3.05, 3.63) is 89.0 Å². The van der Waals surface area contributed by atoms with Crippen LogP contribution in [0.2, 0.25) is 0 Å². The maximum Gasteiger partial charge on any atom is 0.252 e. The van der Waals surface area contributed by atoms with Gasteiger partial charge in [-0.2, -0.15) is 10.1 Å². The molecule has 7 heteroatoms. The van der Waals surface area contributed by atoms with Gasteiger partial charge in [-0.1, -0.05) is 42.5 Å². The number of aromatic nitrogens is 4. The van der Waals surface area contributed by atoms with Crippen molar-refractivity contribution in [2.24, 2.45) is 0 Å². The van der Waals surface area contributed by atoms with Crippen molar-refractivity contribution in [2.45, 2.75) is 39.8 Å². The van der Waals surface area contributed by atoms with E-state index in [1.807, 2.05) is 68.4 Å². The summed E-state index contributed by atoms with van der Waals surface area (Å²) in [6.07, 6.45) is 2.47. The number of nitrogens with one attached hydrogen (secondary N) is 1. The molecule has 158 valence electrons. The number of hydrogen-bond acceptors (Lipinski definition) is 5. The van der Waals surface area contributed by atoms with Crippen LogP contribution < -0.4 is 10.1 Å². The molecule has 2 aromatic heterocycles. The molecule has 0 aliphatic carbocycles. The molecule has 0 atom stereocenters. The van der Waals surface area contributed by atoms with Gasteiger partial charge in [0.05, 0.1) is 0 Å². The van der Waals surface area contributed by atoms with Gasteiger partial charge in [-0.05, 0) is 49.1 Å². The number of hydrogen-bond donors (Lipinski definition) is 1. The second-order valence-electron chi connectivity index (χ2n) is 7.38. The Morgan fingerprint density at radius 1 is 1.03 bits per heavy atom. The minimum Gasteiger partial charge on any atom is -0.489 e. The summed E-state index contributed by atoms with van der Waals surface area (Å²) in [4.78, 5) is 21.1. The quantitative estimate of drug-likeness (QED) is 0.476. The minimum atomic E-state index is -0.00346. The van der Waals surface area contributed by atoms with Gasteiger partial charge in [0, 0.05) is 24.4 Å². The molecule has 0 saturated carbocycles. The van der Waals surface area contributed by atoms with E-state index in [-0.39, 0.29) is 5.91 Å². The number of fused-ring (bicyclic) bond motifs is 1. The lowest BCUT2D eigenvalue weighted by Gasteiger charge is -2.13. The van der Waals surface area contributed by atoms with E-state index in [9.17, 15) is 4.79 Å². The van der Waals surface area contributed by atoms with Crippen LogP contribution in [0.15, 0.2) is 60.9 Å². The number of nitrogens with zero attached hydrogens (tertiary/aromatic N) is 4. The lowest BCUT2D eigenvalue weighted by atomic mass is 10.1. The molecular weight excluding hydrogens is 390 g/mol. The second-order valence-corrected chi connectivity index (χ2v) is 7.38. The third kappa shape index (κ3) is 4.88. The molecule has 1 amide bonds. The van der Waals surface area contributed by atoms with Crippen LogP contribution in [0, 0.1) is 13.8 Å². The summed E-state index contributed by atoms with van der Waals surface area (Å²) in [6.45, 7) is 4.84. The van der Waals surface area contributed by atoms with Crippen LogP contribution in [0.25, 0.3) is 5.78 Å². The van der Waals surface area contributed by atoms with E-state index in [0.29, 0.717) is 31.8 Å². The largest absolute Gasteiger partial charge is 0.489 e. The molecule has 4 rings (SSSR count). The number of carbonyl (C=O) groups is 1. The molecule has 2 heterocycles. The minimum absolute atomic E-state index is 0.00346. The molecule has 31 heavy (non-hydrogen) atoms. The molecule has 0 radical (unpaired) electrons. The summed E-state index contributed by atoms with van der Waals surface area (Å²) >= 11 is 0. The van der Waals surface area contributed by atoms with Gasteiger partial charge in [0.25, 0.3) is 5.78 Å². The second kappa shape index (κ2) is 9.38. The Kier molecular flexibility index (Phi) is 6.21. The van der Waals surface area contributed by atoms with Crippen LogP contribution in [0.1, 0.15) is 34.5 Å². The number of carbonyl (C=O) groups excluding carboxylic acids is 1. The highest BCUT2D eigenvalue weighted by atomic mass is 16.5. The molecule has 0 aliphatic heterocycles. The molecule has 0 bridgehead atoms. The third-order valence-corrected chi connectivity index (χ3v) is 5.32. The normalized spacial score (nSPS) is 10.9. The maximum atomic E-state index is 12.5. The molecule has 0 unspecified atom stereocenters. The first kappa shape index (κ1) is 20.5. The van der Waals surface area contributed by atoms with Crippen LogP contribution >= 0.6 is 0 Å². The number of ether oxygens (including phenoxy) is 1. The fourth-order valence-electron chi connectivity index (χ4n) is 3.59. The van der Waals surface area contributed by atoms with Crippen molar-refractivity contribution in [1.82, 2.24) is 24.9 Å². The number of aryl methyl sites for hydroxylation is 2. The molecule has 1 N–H and O–H groups in total. The lowest BCUT2D eigenvalue weighted by molar-refractivity contribution is -0.121. The van der Waals surface area contributed by atoms with E-state index >= 15 is 0 Å². The Labute approximate surface area is 181 Å². The summed E-state index contributed by atoms with van der Waals surface area (Å²) in [7, 11) is 0. The van der Waals surface area contributed by atoms with E-state index in [0.717, 1.165) is 33.8 Å². The zero-order valence-corrected chi connectivity index (χ0v) is 17.7. The Morgan fingerprint density at radius 3 is 2.58 bits per heavy atom. The van der Waals surface area contributed by atoms with Crippen LogP contribution in [-0.4, -0.2) is 25.5 Å². The number of benzene rings is 2. The number of amides is 1. The van der Waals surface area contributed by atoms with Crippen molar-refractivity contribution < 1.29 is 9.53 Å². The predicted octanol–water partition coefficient (Wildman–Crippen LogP) is 3.57. The molecule has 0 aliphatic rings. The van der Waals surface area contributed by atoms with Crippen molar-refractivity contribution in [1.29, 1.82) is 0 Å². The zero-order chi connectivity index (χ0) is 21.6. The van der Waals surface area contributed by atoms with E-state index in [2.05, 4.69) is 20.4 Å². The van der Waals surface area contributed by atoms with Crippen molar-refractivity contribution in [3.8, 4) is 5.75 Å². The van der Waals surface area contributed by atoms with Crippen LogP contribution in [0.5, 0.6) is 5.75 Å². The Balaban J connectivity index is 1.34. The first-order valence-electron chi connectivity index (χ1n) is 10.3. The Morgan fingerprint density at radius 2 is 1.77 bits per heavy atom. The summed E-state index contributed by atoms with van der Waals surface area (Å²) < 4.78 is 7.58. The predicted molar refractivity (Wildman–Crippen MR) is 118 cm³/mol. The molecule has 0 saturated heterocycles. The molecule has 0 spiro atoms. The first-order chi connectivity index (χ1) is 15.1. The third-order valence-electron chi connectivity index (χ3n) is 5.32. The SMILES string of the molecule is Cc1nc2ncnn2c(C)c1CCC(=O)NCc1ccccc1COc1ccccc1. The lowest BCUT2D eigenvalue weighted by Crippen LogP contribution is -2.24. The van der Waals surface area contributed by atoms with Crippen molar-refractivity contribution in [2.75, 3.05) is 0 Å². The van der Waals surface area contributed by atoms with Gasteiger partial charge < -0.3 is 10.1 Å². The van der Waals surface area contributed by atoms with E-state index in [1.54, 1.807) is 4.52 Å². The highest BCUT2D eigenvalue weighted by Crippen LogP contribution is 2.16. The van der Waals surface area contributed by atoms with Gasteiger partial charge in [0.15, 0.2) is 0 Å².